The maximum Gasteiger partial charge on any atom is 0.410 e. The number of hydrogen-bond donors (Lipinski definition) is 0. The third-order valence-corrected chi connectivity index (χ3v) is 3.24. The van der Waals surface area contributed by atoms with Gasteiger partial charge in [-0.15, -0.1) is 0 Å². The van der Waals surface area contributed by atoms with Crippen molar-refractivity contribution in [3.05, 3.63) is 28.4 Å². The molecule has 1 unspecified atom stereocenters. The van der Waals surface area contributed by atoms with Crippen LogP contribution in [-0.4, -0.2) is 45.7 Å². The van der Waals surface area contributed by atoms with Gasteiger partial charge in [-0.25, -0.2) is 4.79 Å². The topological polar surface area (TPSA) is 94.8 Å². The number of carbonyl (C=O) groups is 1. The van der Waals surface area contributed by atoms with E-state index in [1.165, 1.54) is 18.3 Å². The summed E-state index contributed by atoms with van der Waals surface area (Å²) in [5.41, 5.74) is -0.535. The van der Waals surface area contributed by atoms with Crippen LogP contribution in [0.2, 0.25) is 0 Å². The van der Waals surface area contributed by atoms with Gasteiger partial charge in [-0.05, 0) is 49.6 Å². The SMILES string of the molecule is CC(C)(C)OC(=O)N1CCCC(Oc2ccc([N+](=O)[O-])nc2)C1. The summed E-state index contributed by atoms with van der Waals surface area (Å²) in [6.07, 6.45) is 2.40. The average Bonchev–Trinajstić information content (AvgIpc) is 2.46. The highest BCUT2D eigenvalue weighted by molar-refractivity contribution is 5.68. The number of nitrogens with zero attached hydrogens (tertiary/aromatic N) is 3. The Morgan fingerprint density at radius 3 is 2.74 bits per heavy atom. The van der Waals surface area contributed by atoms with Crippen LogP contribution in [0.15, 0.2) is 18.3 Å². The van der Waals surface area contributed by atoms with Crippen LogP contribution in [0, 0.1) is 10.1 Å². The van der Waals surface area contributed by atoms with Crippen LogP contribution in [0.4, 0.5) is 10.6 Å². The molecule has 0 aromatic carbocycles. The molecule has 0 aliphatic carbocycles. The fraction of sp³-hybridized carbons (Fsp3) is 0.600. The number of piperidine rings is 1. The molecule has 8 heteroatoms. The summed E-state index contributed by atoms with van der Waals surface area (Å²) in [5.74, 6) is 0.225. The van der Waals surface area contributed by atoms with Crippen molar-refractivity contribution in [2.24, 2.45) is 0 Å². The number of carbonyl (C=O) groups excluding carboxylic acids is 1. The molecule has 1 saturated heterocycles. The third-order valence-electron chi connectivity index (χ3n) is 3.24. The van der Waals surface area contributed by atoms with Crippen molar-refractivity contribution in [3.63, 3.8) is 0 Å². The molecule has 23 heavy (non-hydrogen) atoms. The quantitative estimate of drug-likeness (QED) is 0.627. The minimum atomic E-state index is -0.561. The van der Waals surface area contributed by atoms with Gasteiger partial charge in [-0.2, -0.15) is 0 Å². The first-order valence-corrected chi connectivity index (χ1v) is 7.49. The van der Waals surface area contributed by atoms with Crippen molar-refractivity contribution in [3.8, 4) is 5.75 Å². The lowest BCUT2D eigenvalue weighted by Crippen LogP contribution is -2.46. The number of hydrogen-bond acceptors (Lipinski definition) is 6. The van der Waals surface area contributed by atoms with Gasteiger partial charge in [-0.3, -0.25) is 0 Å². The number of ether oxygens (including phenoxy) is 2. The van der Waals surface area contributed by atoms with E-state index >= 15 is 0 Å². The lowest BCUT2D eigenvalue weighted by Gasteiger charge is -2.34. The van der Waals surface area contributed by atoms with E-state index in [4.69, 9.17) is 9.47 Å². The highest BCUT2D eigenvalue weighted by Gasteiger charge is 2.28. The van der Waals surface area contributed by atoms with E-state index in [0.29, 0.717) is 18.8 Å². The third kappa shape index (κ3) is 5.08. The van der Waals surface area contributed by atoms with Crippen molar-refractivity contribution in [2.75, 3.05) is 13.1 Å². The summed E-state index contributed by atoms with van der Waals surface area (Å²) in [4.78, 5) is 27.4. The molecule has 1 aliphatic rings. The Kier molecular flexibility index (Phi) is 5.02. The van der Waals surface area contributed by atoms with Gasteiger partial charge in [0.2, 0.25) is 0 Å². The predicted octanol–water partition coefficient (Wildman–Crippen LogP) is 2.77. The summed E-state index contributed by atoms with van der Waals surface area (Å²) < 4.78 is 11.1. The van der Waals surface area contributed by atoms with E-state index in [2.05, 4.69) is 4.98 Å². The smallest absolute Gasteiger partial charge is 0.410 e. The molecule has 8 nitrogen and oxygen atoms in total. The van der Waals surface area contributed by atoms with E-state index in [1.54, 1.807) is 4.90 Å². The van der Waals surface area contributed by atoms with Gasteiger partial charge >= 0.3 is 11.9 Å². The Morgan fingerprint density at radius 2 is 2.17 bits per heavy atom. The Bertz CT molecular complexity index is 567. The molecule has 0 bridgehead atoms. The maximum atomic E-state index is 12.1. The van der Waals surface area contributed by atoms with E-state index in [9.17, 15) is 14.9 Å². The molecular formula is C15H21N3O5. The summed E-state index contributed by atoms with van der Waals surface area (Å²) in [6, 6.07) is 2.81. The van der Waals surface area contributed by atoms with Gasteiger partial charge in [0.15, 0.2) is 11.9 Å². The number of likely N-dealkylation sites (tertiary alicyclic amines) is 1. The summed E-state index contributed by atoms with van der Waals surface area (Å²) in [7, 11) is 0. The fourth-order valence-electron chi connectivity index (χ4n) is 2.27. The fourth-order valence-corrected chi connectivity index (χ4v) is 2.27. The first kappa shape index (κ1) is 17.0. The highest BCUT2D eigenvalue weighted by Crippen LogP contribution is 2.21. The minimum Gasteiger partial charge on any atom is -0.485 e. The second-order valence-electron chi connectivity index (χ2n) is 6.42. The molecule has 0 spiro atoms. The molecular weight excluding hydrogens is 302 g/mol. The van der Waals surface area contributed by atoms with Crippen LogP contribution in [0.5, 0.6) is 5.75 Å². The van der Waals surface area contributed by atoms with Crippen molar-refractivity contribution < 1.29 is 19.2 Å². The molecule has 0 N–H and O–H groups in total. The van der Waals surface area contributed by atoms with Crippen LogP contribution in [0.3, 0.4) is 0 Å². The molecule has 2 heterocycles. The number of amides is 1. The largest absolute Gasteiger partial charge is 0.485 e. The molecule has 0 saturated carbocycles. The van der Waals surface area contributed by atoms with Crippen LogP contribution < -0.4 is 4.74 Å². The average molecular weight is 323 g/mol. The zero-order valence-corrected chi connectivity index (χ0v) is 13.5. The van der Waals surface area contributed by atoms with Crippen LogP contribution >= 0.6 is 0 Å². The highest BCUT2D eigenvalue weighted by atomic mass is 16.6. The van der Waals surface area contributed by atoms with Gasteiger partial charge in [0.25, 0.3) is 0 Å². The molecule has 126 valence electrons. The second kappa shape index (κ2) is 6.80. The standard InChI is InChI=1S/C15H21N3O5/c1-15(2,3)23-14(19)17-8-4-5-12(10-17)22-11-6-7-13(16-9-11)18(20)21/h6-7,9,12H,4-5,8,10H2,1-3H3. The van der Waals surface area contributed by atoms with Gasteiger partial charge in [0.05, 0.1) is 6.54 Å². The van der Waals surface area contributed by atoms with E-state index in [1.807, 2.05) is 20.8 Å². The van der Waals surface area contributed by atoms with Gasteiger partial charge in [0.1, 0.15) is 11.7 Å². The van der Waals surface area contributed by atoms with Gasteiger partial charge in [-0.1, -0.05) is 0 Å². The number of aromatic nitrogens is 1. The lowest BCUT2D eigenvalue weighted by molar-refractivity contribution is -0.389. The van der Waals surface area contributed by atoms with Gasteiger partial charge in [0, 0.05) is 12.6 Å². The number of nitro groups is 1. The summed E-state index contributed by atoms with van der Waals surface area (Å²) >= 11 is 0. The van der Waals surface area contributed by atoms with Gasteiger partial charge < -0.3 is 24.5 Å². The zero-order chi connectivity index (χ0) is 17.0. The number of pyridine rings is 1. The van der Waals surface area contributed by atoms with Crippen LogP contribution in [0.25, 0.3) is 0 Å². The van der Waals surface area contributed by atoms with Crippen molar-refractivity contribution in [2.45, 2.75) is 45.3 Å². The monoisotopic (exact) mass is 323 g/mol. The van der Waals surface area contributed by atoms with Crippen molar-refractivity contribution in [1.82, 2.24) is 9.88 Å². The Hall–Kier alpha value is -2.38. The number of rotatable bonds is 3. The first-order valence-electron chi connectivity index (χ1n) is 7.49. The molecule has 0 radical (unpaired) electrons. The van der Waals surface area contributed by atoms with E-state index in [0.717, 1.165) is 12.8 Å². The molecule has 1 aromatic rings. The summed E-state index contributed by atoms with van der Waals surface area (Å²) in [5, 5.41) is 10.6. The second-order valence-corrected chi connectivity index (χ2v) is 6.42. The zero-order valence-electron chi connectivity index (χ0n) is 13.5. The molecule has 1 atom stereocenters. The van der Waals surface area contributed by atoms with E-state index in [-0.39, 0.29) is 18.0 Å². The normalized spacial score (nSPS) is 18.4. The molecule has 1 aliphatic heterocycles. The van der Waals surface area contributed by atoms with Crippen molar-refractivity contribution in [1.29, 1.82) is 0 Å². The maximum absolute atomic E-state index is 12.1. The molecule has 1 fully saturated rings. The molecule has 2 rings (SSSR count). The predicted molar refractivity (Wildman–Crippen MR) is 82.3 cm³/mol. The Labute approximate surface area is 134 Å². The Morgan fingerprint density at radius 1 is 1.43 bits per heavy atom. The minimum absolute atomic E-state index is 0.181. The summed E-state index contributed by atoms with van der Waals surface area (Å²) in [6.45, 7) is 6.53. The van der Waals surface area contributed by atoms with E-state index < -0.39 is 10.5 Å². The Balaban J connectivity index is 1.93. The lowest BCUT2D eigenvalue weighted by atomic mass is 10.1. The van der Waals surface area contributed by atoms with Crippen LogP contribution in [0.1, 0.15) is 33.6 Å². The molecule has 1 aromatic heterocycles. The van der Waals surface area contributed by atoms with Crippen molar-refractivity contribution >= 4 is 11.9 Å². The first-order chi connectivity index (χ1) is 10.7. The van der Waals surface area contributed by atoms with Crippen LogP contribution in [-0.2, 0) is 4.74 Å². The molecule has 1 amide bonds.